The van der Waals surface area contributed by atoms with Crippen LogP contribution in [0.3, 0.4) is 0 Å². The Hall–Kier alpha value is -2.71. The lowest BCUT2D eigenvalue weighted by Crippen LogP contribution is -2.07. The Labute approximate surface area is 140 Å². The summed E-state index contributed by atoms with van der Waals surface area (Å²) in [6, 6.07) is 26.2. The summed E-state index contributed by atoms with van der Waals surface area (Å²) in [7, 11) is 0. The van der Waals surface area contributed by atoms with Gasteiger partial charge in [-0.2, -0.15) is 0 Å². The molecule has 0 saturated heterocycles. The van der Waals surface area contributed by atoms with Crippen molar-refractivity contribution in [2.45, 2.75) is 0 Å². The van der Waals surface area contributed by atoms with Crippen molar-refractivity contribution in [3.8, 4) is 0 Å². The molecule has 0 N–H and O–H groups in total. The molecule has 0 atom stereocenters. The summed E-state index contributed by atoms with van der Waals surface area (Å²) in [5, 5.41) is 0.520. The quantitative estimate of drug-likeness (QED) is 0.623. The molecule has 0 aromatic heterocycles. The standard InChI is InChI=1S/C20H14ClNO/c21-18-13-7-12-17(14-18)20(23)22-19(15-8-3-1-4-9-15)16-10-5-2-6-11-16/h1-14H. The molecule has 1 amide bonds. The number of carbonyl (C=O) groups is 1. The molecule has 3 rings (SSSR count). The second kappa shape index (κ2) is 7.03. The van der Waals surface area contributed by atoms with E-state index in [2.05, 4.69) is 4.99 Å². The highest BCUT2D eigenvalue weighted by Crippen LogP contribution is 2.15. The number of benzene rings is 3. The number of halogens is 1. The highest BCUT2D eigenvalue weighted by Gasteiger charge is 2.11. The van der Waals surface area contributed by atoms with Crippen LogP contribution in [0.4, 0.5) is 0 Å². The fraction of sp³-hybridized carbons (Fsp3) is 0. The Morgan fingerprint density at radius 1 is 0.696 bits per heavy atom. The molecular formula is C20H14ClNO. The average Bonchev–Trinajstić information content (AvgIpc) is 2.61. The van der Waals surface area contributed by atoms with Gasteiger partial charge in [-0.15, -0.1) is 0 Å². The van der Waals surface area contributed by atoms with Gasteiger partial charge in [-0.3, -0.25) is 4.79 Å². The number of amides is 1. The van der Waals surface area contributed by atoms with Gasteiger partial charge < -0.3 is 0 Å². The topological polar surface area (TPSA) is 29.4 Å². The molecule has 0 aliphatic heterocycles. The van der Waals surface area contributed by atoms with E-state index in [1.54, 1.807) is 24.3 Å². The molecule has 23 heavy (non-hydrogen) atoms. The van der Waals surface area contributed by atoms with Crippen LogP contribution in [0.25, 0.3) is 0 Å². The van der Waals surface area contributed by atoms with Crippen LogP contribution in [-0.4, -0.2) is 11.6 Å². The van der Waals surface area contributed by atoms with E-state index in [1.807, 2.05) is 60.7 Å². The maximum atomic E-state index is 12.5. The smallest absolute Gasteiger partial charge is 0.267 e. The zero-order valence-corrected chi connectivity index (χ0v) is 13.1. The van der Waals surface area contributed by atoms with Gasteiger partial charge >= 0.3 is 0 Å². The first-order chi connectivity index (χ1) is 11.2. The third kappa shape index (κ3) is 3.74. The summed E-state index contributed by atoms with van der Waals surface area (Å²) in [6.45, 7) is 0. The third-order valence-electron chi connectivity index (χ3n) is 3.38. The Balaban J connectivity index is 2.07. The lowest BCUT2D eigenvalue weighted by atomic mass is 10.0. The summed E-state index contributed by atoms with van der Waals surface area (Å²) >= 11 is 5.96. The number of carbonyl (C=O) groups excluding carboxylic acids is 1. The van der Waals surface area contributed by atoms with E-state index in [1.165, 1.54) is 0 Å². The third-order valence-corrected chi connectivity index (χ3v) is 3.61. The van der Waals surface area contributed by atoms with Gasteiger partial charge in [0.25, 0.3) is 5.91 Å². The molecule has 0 unspecified atom stereocenters. The zero-order chi connectivity index (χ0) is 16.1. The molecule has 0 spiro atoms. The van der Waals surface area contributed by atoms with Crippen molar-refractivity contribution in [3.63, 3.8) is 0 Å². The van der Waals surface area contributed by atoms with Crippen LogP contribution in [0.15, 0.2) is 89.9 Å². The van der Waals surface area contributed by atoms with Crippen molar-refractivity contribution in [3.05, 3.63) is 107 Å². The number of hydrogen-bond acceptors (Lipinski definition) is 1. The second-order valence-electron chi connectivity index (χ2n) is 5.01. The van der Waals surface area contributed by atoms with Gasteiger partial charge in [0.15, 0.2) is 0 Å². The van der Waals surface area contributed by atoms with Crippen molar-refractivity contribution >= 4 is 23.2 Å². The monoisotopic (exact) mass is 319 g/mol. The van der Waals surface area contributed by atoms with E-state index in [4.69, 9.17) is 11.6 Å². The second-order valence-corrected chi connectivity index (χ2v) is 5.44. The maximum Gasteiger partial charge on any atom is 0.277 e. The van der Waals surface area contributed by atoms with E-state index in [0.717, 1.165) is 11.1 Å². The van der Waals surface area contributed by atoms with E-state index in [0.29, 0.717) is 16.3 Å². The summed E-state index contributed by atoms with van der Waals surface area (Å²) in [6.07, 6.45) is 0. The molecule has 0 fully saturated rings. The molecule has 3 aromatic rings. The fourth-order valence-electron chi connectivity index (χ4n) is 2.28. The maximum absolute atomic E-state index is 12.5. The zero-order valence-electron chi connectivity index (χ0n) is 12.3. The van der Waals surface area contributed by atoms with Gasteiger partial charge in [0.2, 0.25) is 0 Å². The highest BCUT2D eigenvalue weighted by molar-refractivity contribution is 6.31. The van der Waals surface area contributed by atoms with E-state index >= 15 is 0 Å². The fourth-order valence-corrected chi connectivity index (χ4v) is 2.47. The van der Waals surface area contributed by atoms with Crippen molar-refractivity contribution < 1.29 is 4.79 Å². The molecular weight excluding hydrogens is 306 g/mol. The van der Waals surface area contributed by atoms with E-state index in [9.17, 15) is 4.79 Å². The molecule has 3 aromatic carbocycles. The number of hydrogen-bond donors (Lipinski definition) is 0. The molecule has 0 aliphatic rings. The number of nitrogens with zero attached hydrogens (tertiary/aromatic N) is 1. The minimum absolute atomic E-state index is 0.310. The molecule has 3 heteroatoms. The SMILES string of the molecule is O=C(N=C(c1ccccc1)c1ccccc1)c1cccc(Cl)c1. The van der Waals surface area contributed by atoms with Gasteiger partial charge in [0, 0.05) is 21.7 Å². The Kier molecular flexibility index (Phi) is 4.65. The first-order valence-electron chi connectivity index (χ1n) is 7.23. The summed E-state index contributed by atoms with van der Waals surface area (Å²) < 4.78 is 0. The summed E-state index contributed by atoms with van der Waals surface area (Å²) in [5.41, 5.74) is 2.92. The van der Waals surface area contributed by atoms with Crippen molar-refractivity contribution in [2.75, 3.05) is 0 Å². The van der Waals surface area contributed by atoms with Crippen LogP contribution in [-0.2, 0) is 0 Å². The molecule has 0 aliphatic carbocycles. The predicted octanol–water partition coefficient (Wildman–Crippen LogP) is 5.02. The predicted molar refractivity (Wildman–Crippen MR) is 94.3 cm³/mol. The van der Waals surface area contributed by atoms with Gasteiger partial charge in [0.05, 0.1) is 5.71 Å². The van der Waals surface area contributed by atoms with Gasteiger partial charge in [0.1, 0.15) is 0 Å². The Morgan fingerprint density at radius 2 is 1.22 bits per heavy atom. The minimum atomic E-state index is -0.310. The Bertz CT molecular complexity index is 800. The first kappa shape index (κ1) is 15.2. The summed E-state index contributed by atoms with van der Waals surface area (Å²) in [4.78, 5) is 16.9. The molecule has 0 bridgehead atoms. The normalized spacial score (nSPS) is 10.1. The van der Waals surface area contributed by atoms with Crippen molar-refractivity contribution in [2.24, 2.45) is 4.99 Å². The lowest BCUT2D eigenvalue weighted by molar-refractivity contribution is 0.100. The molecule has 112 valence electrons. The Morgan fingerprint density at radius 3 is 1.74 bits per heavy atom. The molecule has 0 radical (unpaired) electrons. The molecule has 0 heterocycles. The van der Waals surface area contributed by atoms with Crippen molar-refractivity contribution in [1.82, 2.24) is 0 Å². The number of aliphatic imine (C=N–C) groups is 1. The van der Waals surface area contributed by atoms with E-state index < -0.39 is 0 Å². The van der Waals surface area contributed by atoms with Crippen LogP contribution in [0.2, 0.25) is 5.02 Å². The summed E-state index contributed by atoms with van der Waals surface area (Å²) in [5.74, 6) is -0.310. The minimum Gasteiger partial charge on any atom is -0.267 e. The van der Waals surface area contributed by atoms with Gasteiger partial charge in [-0.05, 0) is 18.2 Å². The van der Waals surface area contributed by atoms with E-state index in [-0.39, 0.29) is 5.91 Å². The molecule has 0 saturated carbocycles. The van der Waals surface area contributed by atoms with Crippen LogP contribution in [0.1, 0.15) is 21.5 Å². The lowest BCUT2D eigenvalue weighted by Gasteiger charge is -2.07. The van der Waals surface area contributed by atoms with Crippen LogP contribution in [0, 0.1) is 0 Å². The number of rotatable bonds is 3. The van der Waals surface area contributed by atoms with Crippen LogP contribution in [0.5, 0.6) is 0 Å². The first-order valence-corrected chi connectivity index (χ1v) is 7.61. The van der Waals surface area contributed by atoms with Crippen molar-refractivity contribution in [1.29, 1.82) is 0 Å². The molecule has 2 nitrogen and oxygen atoms in total. The van der Waals surface area contributed by atoms with Gasteiger partial charge in [-0.25, -0.2) is 4.99 Å². The largest absolute Gasteiger partial charge is 0.277 e. The van der Waals surface area contributed by atoms with Gasteiger partial charge in [-0.1, -0.05) is 78.3 Å². The highest BCUT2D eigenvalue weighted by atomic mass is 35.5. The van der Waals surface area contributed by atoms with Crippen LogP contribution < -0.4 is 0 Å². The van der Waals surface area contributed by atoms with Crippen LogP contribution >= 0.6 is 11.6 Å². The average molecular weight is 320 g/mol.